The number of nitrogens with zero attached hydrogens (tertiary/aromatic N) is 4. The summed E-state index contributed by atoms with van der Waals surface area (Å²) in [5.41, 5.74) is 10.9. The summed E-state index contributed by atoms with van der Waals surface area (Å²) in [6, 6.07) is 61.8. The first-order valence-corrected chi connectivity index (χ1v) is 18.5. The molecule has 56 heavy (non-hydrogen) atoms. The second-order valence-electron chi connectivity index (χ2n) is 13.8. The van der Waals surface area contributed by atoms with Crippen molar-refractivity contribution in [3.8, 4) is 67.9 Å². The zero-order chi connectivity index (χ0) is 37.0. The molecule has 0 aliphatic heterocycles. The van der Waals surface area contributed by atoms with Crippen molar-refractivity contribution in [3.63, 3.8) is 0 Å². The maximum Gasteiger partial charge on any atom is 0.227 e. The lowest BCUT2D eigenvalue weighted by Crippen LogP contribution is -2.01. The monoisotopic (exact) mass is 718 g/mol. The standard InChI is InChI=1S/C50H30N4O2/c1-4-13-31(14-5-1)35-19-12-20-36(29-35)47-52-48(54-49(53-47)39-22-11-10-21-38(39)32-15-6-2-7-16-32)37-24-23-33-25-27-42-44(40(33)30-37)45-43(55-42)28-26-41-46(45)56-50(51-41)34-17-8-3-9-18-34/h1-30H. The Morgan fingerprint density at radius 3 is 1.68 bits per heavy atom. The van der Waals surface area contributed by atoms with Crippen LogP contribution in [0.2, 0.25) is 0 Å². The molecule has 0 saturated heterocycles. The predicted molar refractivity (Wildman–Crippen MR) is 225 cm³/mol. The lowest BCUT2D eigenvalue weighted by atomic mass is 9.98. The number of hydrogen-bond donors (Lipinski definition) is 0. The van der Waals surface area contributed by atoms with Crippen LogP contribution in [0, 0.1) is 0 Å². The molecule has 3 aromatic heterocycles. The Kier molecular flexibility index (Phi) is 7.38. The van der Waals surface area contributed by atoms with E-state index in [1.54, 1.807) is 0 Å². The van der Waals surface area contributed by atoms with Gasteiger partial charge in [-0.3, -0.25) is 0 Å². The number of oxazole rings is 1. The van der Waals surface area contributed by atoms with Crippen molar-refractivity contribution in [3.05, 3.63) is 182 Å². The molecule has 0 amide bonds. The molecule has 262 valence electrons. The Morgan fingerprint density at radius 1 is 0.339 bits per heavy atom. The van der Waals surface area contributed by atoms with E-state index in [9.17, 15) is 0 Å². The zero-order valence-corrected chi connectivity index (χ0v) is 29.9. The molecule has 8 aromatic carbocycles. The van der Waals surface area contributed by atoms with Crippen LogP contribution in [0.15, 0.2) is 191 Å². The number of hydrogen-bond acceptors (Lipinski definition) is 6. The van der Waals surface area contributed by atoms with Crippen LogP contribution in [0.4, 0.5) is 0 Å². The van der Waals surface area contributed by atoms with Crippen LogP contribution in [-0.2, 0) is 0 Å². The highest BCUT2D eigenvalue weighted by Gasteiger charge is 2.20. The summed E-state index contributed by atoms with van der Waals surface area (Å²) in [5, 5.41) is 3.91. The summed E-state index contributed by atoms with van der Waals surface area (Å²) in [7, 11) is 0. The fraction of sp³-hybridized carbons (Fsp3) is 0. The quantitative estimate of drug-likeness (QED) is 0.170. The maximum atomic E-state index is 6.51. The van der Waals surface area contributed by atoms with Gasteiger partial charge >= 0.3 is 0 Å². The van der Waals surface area contributed by atoms with E-state index in [4.69, 9.17) is 28.8 Å². The normalized spacial score (nSPS) is 11.6. The molecule has 0 spiro atoms. The van der Waals surface area contributed by atoms with Gasteiger partial charge in [0.05, 0.1) is 5.39 Å². The van der Waals surface area contributed by atoms with E-state index < -0.39 is 0 Å². The summed E-state index contributed by atoms with van der Waals surface area (Å²) in [4.78, 5) is 20.4. The second kappa shape index (κ2) is 13.0. The molecule has 11 aromatic rings. The Labute approximate surface area is 321 Å². The minimum atomic E-state index is 0.570. The van der Waals surface area contributed by atoms with Gasteiger partial charge in [-0.05, 0) is 75.5 Å². The molecule has 0 N–H and O–H groups in total. The molecule has 0 radical (unpaired) electrons. The predicted octanol–water partition coefficient (Wildman–Crippen LogP) is 13.1. The SMILES string of the molecule is c1ccc(-c2cccc(-c3nc(-c4ccc5ccc6oc7ccc8nc(-c9ccccc9)oc8c7c6c5c4)nc(-c4ccccc4-c4ccccc4)n3)c2)cc1. The summed E-state index contributed by atoms with van der Waals surface area (Å²) in [6.07, 6.45) is 0. The molecule has 6 heteroatoms. The van der Waals surface area contributed by atoms with Crippen molar-refractivity contribution in [1.29, 1.82) is 0 Å². The van der Waals surface area contributed by atoms with Gasteiger partial charge in [0.1, 0.15) is 16.7 Å². The van der Waals surface area contributed by atoms with Gasteiger partial charge < -0.3 is 8.83 Å². The van der Waals surface area contributed by atoms with Gasteiger partial charge in [-0.1, -0.05) is 140 Å². The van der Waals surface area contributed by atoms with Crippen molar-refractivity contribution >= 4 is 43.8 Å². The number of furan rings is 1. The van der Waals surface area contributed by atoms with Crippen molar-refractivity contribution < 1.29 is 8.83 Å². The topological polar surface area (TPSA) is 77.8 Å². The van der Waals surface area contributed by atoms with Gasteiger partial charge in [0.2, 0.25) is 5.89 Å². The second-order valence-corrected chi connectivity index (χ2v) is 13.8. The van der Waals surface area contributed by atoms with Crippen LogP contribution in [0.5, 0.6) is 0 Å². The largest absolute Gasteiger partial charge is 0.456 e. The molecule has 6 nitrogen and oxygen atoms in total. The molecule has 11 rings (SSSR count). The molecule has 0 bridgehead atoms. The van der Waals surface area contributed by atoms with Crippen molar-refractivity contribution in [2.45, 2.75) is 0 Å². The van der Waals surface area contributed by atoms with Crippen LogP contribution >= 0.6 is 0 Å². The molecule has 0 fully saturated rings. The fourth-order valence-corrected chi connectivity index (χ4v) is 7.67. The van der Waals surface area contributed by atoms with Crippen LogP contribution in [0.25, 0.3) is 112 Å². The highest BCUT2D eigenvalue weighted by Crippen LogP contribution is 2.41. The third kappa shape index (κ3) is 5.43. The summed E-state index contributed by atoms with van der Waals surface area (Å²) >= 11 is 0. The Bertz CT molecular complexity index is 3240. The third-order valence-corrected chi connectivity index (χ3v) is 10.4. The van der Waals surface area contributed by atoms with Gasteiger partial charge in [-0.15, -0.1) is 0 Å². The molecule has 0 saturated carbocycles. The molecule has 0 unspecified atom stereocenters. The molecule has 0 aliphatic carbocycles. The average molecular weight is 719 g/mol. The zero-order valence-electron chi connectivity index (χ0n) is 29.9. The van der Waals surface area contributed by atoms with Crippen molar-refractivity contribution in [2.24, 2.45) is 0 Å². The van der Waals surface area contributed by atoms with Crippen LogP contribution in [0.1, 0.15) is 0 Å². The molecular formula is C50H30N4O2. The average Bonchev–Trinajstić information content (AvgIpc) is 3.89. The van der Waals surface area contributed by atoms with Gasteiger partial charge in [-0.25, -0.2) is 19.9 Å². The van der Waals surface area contributed by atoms with E-state index in [1.165, 1.54) is 0 Å². The number of fused-ring (bicyclic) bond motifs is 7. The Hall–Kier alpha value is -7.70. The highest BCUT2D eigenvalue weighted by molar-refractivity contribution is 6.25. The minimum Gasteiger partial charge on any atom is -0.456 e. The van der Waals surface area contributed by atoms with Gasteiger partial charge in [0.25, 0.3) is 0 Å². The van der Waals surface area contributed by atoms with Gasteiger partial charge in [-0.2, -0.15) is 0 Å². The summed E-state index contributed by atoms with van der Waals surface area (Å²) in [5.74, 6) is 2.33. The fourth-order valence-electron chi connectivity index (χ4n) is 7.67. The van der Waals surface area contributed by atoms with E-state index in [2.05, 4.69) is 115 Å². The number of benzene rings is 8. The first-order chi connectivity index (χ1) is 27.7. The van der Waals surface area contributed by atoms with Crippen LogP contribution in [-0.4, -0.2) is 19.9 Å². The molecule has 0 aliphatic rings. The highest BCUT2D eigenvalue weighted by atomic mass is 16.4. The Morgan fingerprint density at radius 2 is 0.911 bits per heavy atom. The first-order valence-electron chi connectivity index (χ1n) is 18.5. The van der Waals surface area contributed by atoms with Gasteiger partial charge in [0, 0.05) is 27.6 Å². The molecule has 0 atom stereocenters. The molecule has 3 heterocycles. The number of aromatic nitrogens is 4. The summed E-state index contributed by atoms with van der Waals surface area (Å²) < 4.78 is 13.0. The van der Waals surface area contributed by atoms with E-state index in [-0.39, 0.29) is 0 Å². The minimum absolute atomic E-state index is 0.570. The maximum absolute atomic E-state index is 6.51. The molecular weight excluding hydrogens is 689 g/mol. The van der Waals surface area contributed by atoms with Gasteiger partial charge in [0.15, 0.2) is 23.1 Å². The number of rotatable bonds is 6. The smallest absolute Gasteiger partial charge is 0.227 e. The Balaban J connectivity index is 1.14. The van der Waals surface area contributed by atoms with Crippen LogP contribution in [0.3, 0.4) is 0 Å². The van der Waals surface area contributed by atoms with Crippen molar-refractivity contribution in [2.75, 3.05) is 0 Å². The third-order valence-electron chi connectivity index (χ3n) is 10.4. The van der Waals surface area contributed by atoms with E-state index in [0.29, 0.717) is 28.9 Å². The van der Waals surface area contributed by atoms with E-state index in [1.807, 2.05) is 66.7 Å². The first kappa shape index (κ1) is 31.8. The van der Waals surface area contributed by atoms with E-state index in [0.717, 1.165) is 82.7 Å². The summed E-state index contributed by atoms with van der Waals surface area (Å²) in [6.45, 7) is 0. The van der Waals surface area contributed by atoms with E-state index >= 15 is 0 Å². The van der Waals surface area contributed by atoms with Crippen LogP contribution < -0.4 is 0 Å². The van der Waals surface area contributed by atoms with Crippen molar-refractivity contribution in [1.82, 2.24) is 19.9 Å². The lowest BCUT2D eigenvalue weighted by molar-refractivity contribution is 0.622. The lowest BCUT2D eigenvalue weighted by Gasteiger charge is -2.13.